The number of likely N-dealkylation sites (N-methyl/N-ethyl adjacent to an activating group) is 1. The van der Waals surface area contributed by atoms with Crippen LogP contribution in [-0.4, -0.2) is 61.4 Å². The number of carbonyl (C=O) groups excluding carboxylic acids is 2. The molecule has 0 bridgehead atoms. The number of nitrogens with zero attached hydrogens (tertiary/aromatic N) is 2. The summed E-state index contributed by atoms with van der Waals surface area (Å²) in [6, 6.07) is 1.61. The molecule has 0 aliphatic carbocycles. The van der Waals surface area contributed by atoms with Gasteiger partial charge in [-0.2, -0.15) is 11.3 Å². The number of rotatable bonds is 6. The second kappa shape index (κ2) is 7.85. The van der Waals surface area contributed by atoms with Crippen molar-refractivity contribution in [2.75, 3.05) is 25.2 Å². The van der Waals surface area contributed by atoms with Gasteiger partial charge in [-0.15, -0.1) is 11.3 Å². The third-order valence-corrected chi connectivity index (χ3v) is 7.53. The number of hydrogen-bond acceptors (Lipinski definition) is 8. The maximum Gasteiger partial charge on any atom is 0.312 e. The molecular formula is C16H18N2O5S3. The molecule has 0 radical (unpaired) electrons. The predicted molar refractivity (Wildman–Crippen MR) is 99.9 cm³/mol. The topological polar surface area (TPSA) is 93.6 Å². The smallest absolute Gasteiger partial charge is 0.312 e. The largest absolute Gasteiger partial charge is 0.455 e. The summed E-state index contributed by atoms with van der Waals surface area (Å²) in [6.07, 6.45) is 0.415. The Labute approximate surface area is 159 Å². The van der Waals surface area contributed by atoms with Crippen molar-refractivity contribution in [1.29, 1.82) is 0 Å². The number of amides is 1. The van der Waals surface area contributed by atoms with Crippen LogP contribution in [0.15, 0.2) is 22.2 Å². The summed E-state index contributed by atoms with van der Waals surface area (Å²) in [4.78, 5) is 29.8. The summed E-state index contributed by atoms with van der Waals surface area (Å²) in [5, 5.41) is 6.58. The monoisotopic (exact) mass is 414 g/mol. The number of hydrogen-bond donors (Lipinski definition) is 0. The number of thiazole rings is 1. The van der Waals surface area contributed by atoms with Crippen LogP contribution in [0.25, 0.3) is 10.6 Å². The van der Waals surface area contributed by atoms with Crippen molar-refractivity contribution in [1.82, 2.24) is 9.88 Å². The fraction of sp³-hybridized carbons (Fsp3) is 0.438. The lowest BCUT2D eigenvalue weighted by Gasteiger charge is -2.23. The maximum atomic E-state index is 12.1. The first-order valence-electron chi connectivity index (χ1n) is 7.93. The van der Waals surface area contributed by atoms with Crippen LogP contribution < -0.4 is 0 Å². The SMILES string of the molecule is CN(C(=O)COC(=O)Cc1csc(-c2ccsc2)n1)[C@H]1CCS(=O)(=O)C1. The van der Waals surface area contributed by atoms with E-state index in [4.69, 9.17) is 4.74 Å². The van der Waals surface area contributed by atoms with Crippen molar-refractivity contribution in [3.63, 3.8) is 0 Å². The van der Waals surface area contributed by atoms with E-state index in [9.17, 15) is 18.0 Å². The summed E-state index contributed by atoms with van der Waals surface area (Å²) in [5.41, 5.74) is 1.62. The molecule has 1 aliphatic rings. The quantitative estimate of drug-likeness (QED) is 0.667. The van der Waals surface area contributed by atoms with Gasteiger partial charge in [0.05, 0.1) is 23.6 Å². The first-order chi connectivity index (χ1) is 12.3. The van der Waals surface area contributed by atoms with Crippen molar-refractivity contribution in [2.45, 2.75) is 18.9 Å². The minimum Gasteiger partial charge on any atom is -0.455 e. The van der Waals surface area contributed by atoms with E-state index in [-0.39, 0.29) is 24.0 Å². The zero-order valence-electron chi connectivity index (χ0n) is 14.1. The van der Waals surface area contributed by atoms with Crippen molar-refractivity contribution >= 4 is 44.4 Å². The molecule has 0 saturated carbocycles. The van der Waals surface area contributed by atoms with Crippen LogP contribution in [0.2, 0.25) is 0 Å². The zero-order chi connectivity index (χ0) is 18.7. The number of thiophene rings is 1. The second-order valence-corrected chi connectivity index (χ2v) is 9.92. The number of ether oxygens (including phenoxy) is 1. The molecule has 7 nitrogen and oxygen atoms in total. The molecule has 0 spiro atoms. The minimum atomic E-state index is -3.07. The Morgan fingerprint density at radius 2 is 2.19 bits per heavy atom. The second-order valence-electron chi connectivity index (χ2n) is 6.05. The molecule has 1 aliphatic heterocycles. The van der Waals surface area contributed by atoms with Crippen LogP contribution in [0.5, 0.6) is 0 Å². The molecule has 26 heavy (non-hydrogen) atoms. The molecule has 0 N–H and O–H groups in total. The summed E-state index contributed by atoms with van der Waals surface area (Å²) >= 11 is 3.03. The van der Waals surface area contributed by atoms with E-state index in [0.29, 0.717) is 12.1 Å². The van der Waals surface area contributed by atoms with Gasteiger partial charge in [-0.1, -0.05) is 0 Å². The number of esters is 1. The lowest BCUT2D eigenvalue weighted by Crippen LogP contribution is -2.40. The average Bonchev–Trinajstić information content (AvgIpc) is 3.32. The highest BCUT2D eigenvalue weighted by Gasteiger charge is 2.32. The van der Waals surface area contributed by atoms with Crippen LogP contribution in [0.4, 0.5) is 0 Å². The third-order valence-electron chi connectivity index (χ3n) is 4.15. The zero-order valence-corrected chi connectivity index (χ0v) is 16.5. The van der Waals surface area contributed by atoms with E-state index in [1.807, 2.05) is 16.8 Å². The van der Waals surface area contributed by atoms with Crippen LogP contribution >= 0.6 is 22.7 Å². The standard InChI is InChI=1S/C16H18N2O5S3/c1-18(13-3-5-26(21,22)10-13)14(19)7-23-15(20)6-12-9-25-16(17-12)11-2-4-24-8-11/h2,4,8-9,13H,3,5-7,10H2,1H3/t13-/m0/s1. The Bertz CT molecular complexity index is 889. The number of sulfone groups is 1. The summed E-state index contributed by atoms with van der Waals surface area (Å²) in [6.45, 7) is -0.395. The van der Waals surface area contributed by atoms with Crippen LogP contribution in [0.1, 0.15) is 12.1 Å². The van der Waals surface area contributed by atoms with E-state index >= 15 is 0 Å². The molecule has 0 unspecified atom stereocenters. The maximum absolute atomic E-state index is 12.1. The van der Waals surface area contributed by atoms with E-state index in [1.54, 1.807) is 16.7 Å². The predicted octanol–water partition coefficient (Wildman–Crippen LogP) is 1.60. The van der Waals surface area contributed by atoms with Crippen LogP contribution in [0, 0.1) is 0 Å². The lowest BCUT2D eigenvalue weighted by molar-refractivity contribution is -0.151. The van der Waals surface area contributed by atoms with E-state index in [2.05, 4.69) is 4.98 Å². The van der Waals surface area contributed by atoms with Crippen molar-refractivity contribution < 1.29 is 22.7 Å². The Hall–Kier alpha value is -1.78. The van der Waals surface area contributed by atoms with Crippen molar-refractivity contribution in [3.8, 4) is 10.6 Å². The summed E-state index contributed by atoms with van der Waals surface area (Å²) in [5.74, 6) is -0.885. The van der Waals surface area contributed by atoms with Gasteiger partial charge in [0, 0.05) is 29.4 Å². The van der Waals surface area contributed by atoms with Gasteiger partial charge in [0.25, 0.3) is 5.91 Å². The highest BCUT2D eigenvalue weighted by atomic mass is 32.2. The minimum absolute atomic E-state index is 0.00452. The van der Waals surface area contributed by atoms with Gasteiger partial charge >= 0.3 is 5.97 Å². The molecule has 1 fully saturated rings. The number of carbonyl (C=O) groups is 2. The van der Waals surface area contributed by atoms with Gasteiger partial charge in [-0.25, -0.2) is 13.4 Å². The molecule has 10 heteroatoms. The Morgan fingerprint density at radius 3 is 2.85 bits per heavy atom. The molecule has 2 aromatic rings. The Balaban J connectivity index is 1.47. The normalized spacial score (nSPS) is 18.6. The van der Waals surface area contributed by atoms with Crippen LogP contribution in [0.3, 0.4) is 0 Å². The van der Waals surface area contributed by atoms with Gasteiger partial charge in [0.15, 0.2) is 16.4 Å². The molecule has 3 heterocycles. The molecule has 3 rings (SSSR count). The van der Waals surface area contributed by atoms with Gasteiger partial charge in [0.1, 0.15) is 5.01 Å². The van der Waals surface area contributed by atoms with Crippen molar-refractivity contribution in [2.24, 2.45) is 0 Å². The molecule has 1 atom stereocenters. The highest BCUT2D eigenvalue weighted by Crippen LogP contribution is 2.25. The summed E-state index contributed by atoms with van der Waals surface area (Å²) in [7, 11) is -1.53. The number of aromatic nitrogens is 1. The highest BCUT2D eigenvalue weighted by molar-refractivity contribution is 7.91. The van der Waals surface area contributed by atoms with Crippen molar-refractivity contribution in [3.05, 3.63) is 27.9 Å². The molecule has 2 aromatic heterocycles. The van der Waals surface area contributed by atoms with Gasteiger partial charge in [0.2, 0.25) is 0 Å². The van der Waals surface area contributed by atoms with Gasteiger partial charge < -0.3 is 9.64 Å². The summed E-state index contributed by atoms with van der Waals surface area (Å²) < 4.78 is 28.0. The Kier molecular flexibility index (Phi) is 5.73. The van der Waals surface area contributed by atoms with E-state index < -0.39 is 28.3 Å². The fourth-order valence-corrected chi connectivity index (χ4v) is 5.94. The van der Waals surface area contributed by atoms with Crippen LogP contribution in [-0.2, 0) is 30.6 Å². The molecule has 140 valence electrons. The van der Waals surface area contributed by atoms with Gasteiger partial charge in [-0.05, 0) is 17.9 Å². The van der Waals surface area contributed by atoms with Gasteiger partial charge in [-0.3, -0.25) is 9.59 Å². The first-order valence-corrected chi connectivity index (χ1v) is 11.6. The average molecular weight is 415 g/mol. The van der Waals surface area contributed by atoms with E-state index in [0.717, 1.165) is 10.6 Å². The van der Waals surface area contributed by atoms with E-state index in [1.165, 1.54) is 23.3 Å². The first kappa shape index (κ1) is 19.0. The molecule has 0 aromatic carbocycles. The molecular weight excluding hydrogens is 396 g/mol. The lowest BCUT2D eigenvalue weighted by atomic mass is 10.2. The third kappa shape index (κ3) is 4.68. The molecule has 1 saturated heterocycles. The Morgan fingerprint density at radius 1 is 1.38 bits per heavy atom. The fourth-order valence-electron chi connectivity index (χ4n) is 2.63. The molecule has 1 amide bonds.